The molecule has 0 spiro atoms. The molecule has 0 saturated heterocycles. The third-order valence-corrected chi connectivity index (χ3v) is 10.6. The zero-order valence-corrected chi connectivity index (χ0v) is 27.8. The lowest BCUT2D eigenvalue weighted by atomic mass is 9.99. The van der Waals surface area contributed by atoms with Crippen molar-refractivity contribution in [3.8, 4) is 29.0 Å². The van der Waals surface area contributed by atoms with Gasteiger partial charge in [-0.2, -0.15) is 5.26 Å². The van der Waals surface area contributed by atoms with Crippen LogP contribution in [0.1, 0.15) is 5.56 Å². The number of nitrogens with zero attached hydrogens (tertiary/aromatic N) is 5. The lowest BCUT2D eigenvalue weighted by Crippen LogP contribution is -2.03. The van der Waals surface area contributed by atoms with E-state index in [1.54, 1.807) is 0 Å². The van der Waals surface area contributed by atoms with Crippen LogP contribution in [0.4, 0.5) is 0 Å². The smallest absolute Gasteiger partial charge is 0.162 e. The molecule has 0 radical (unpaired) electrons. The molecule has 0 aliphatic carbocycles. The van der Waals surface area contributed by atoms with E-state index in [1.807, 2.05) is 30.3 Å². The van der Waals surface area contributed by atoms with Crippen molar-refractivity contribution in [2.24, 2.45) is 0 Å². The molecule has 0 aliphatic heterocycles. The molecule has 0 N–H and O–H groups in total. The summed E-state index contributed by atoms with van der Waals surface area (Å²) < 4.78 is 4.67. The summed E-state index contributed by atoms with van der Waals surface area (Å²) in [6.07, 6.45) is 0. The Hall–Kier alpha value is -7.29. The second-order valence-electron chi connectivity index (χ2n) is 13.3. The van der Waals surface area contributed by atoms with Crippen LogP contribution in [0.2, 0.25) is 0 Å². The van der Waals surface area contributed by atoms with Gasteiger partial charge in [0.25, 0.3) is 0 Å². The van der Waals surface area contributed by atoms with Gasteiger partial charge in [-0.1, -0.05) is 109 Å². The average Bonchev–Trinajstić information content (AvgIpc) is 3.72. The number of benzene rings is 8. The number of para-hydroxylation sites is 3. The summed E-state index contributed by atoms with van der Waals surface area (Å²) in [4.78, 5) is 10.7. The highest BCUT2D eigenvalue weighted by Gasteiger charge is 2.21. The Bertz CT molecular complexity index is 3270. The Labute approximate surface area is 297 Å². The van der Waals surface area contributed by atoms with Crippen molar-refractivity contribution in [2.45, 2.75) is 0 Å². The van der Waals surface area contributed by atoms with Crippen LogP contribution in [0.25, 0.3) is 99.0 Å². The second kappa shape index (κ2) is 10.9. The lowest BCUT2D eigenvalue weighted by Gasteiger charge is -2.15. The third kappa shape index (κ3) is 3.98. The van der Waals surface area contributed by atoms with Crippen LogP contribution in [0, 0.1) is 11.3 Å². The second-order valence-corrected chi connectivity index (χ2v) is 13.3. The first-order valence-electron chi connectivity index (χ1n) is 17.4. The summed E-state index contributed by atoms with van der Waals surface area (Å²) in [5.74, 6) is 1.43. The van der Waals surface area contributed by atoms with E-state index in [1.165, 1.54) is 21.8 Å². The van der Waals surface area contributed by atoms with E-state index in [4.69, 9.17) is 9.97 Å². The Morgan fingerprint density at radius 3 is 1.71 bits per heavy atom. The first-order chi connectivity index (χ1) is 25.8. The maximum atomic E-state index is 9.93. The fraction of sp³-hybridized carbons (Fsp3) is 0. The zero-order chi connectivity index (χ0) is 34.3. The summed E-state index contributed by atoms with van der Waals surface area (Å²) in [6.45, 7) is 0. The molecule has 52 heavy (non-hydrogen) atoms. The van der Waals surface area contributed by atoms with Crippen LogP contribution in [0.5, 0.6) is 0 Å². The molecule has 3 heterocycles. The van der Waals surface area contributed by atoms with E-state index in [-0.39, 0.29) is 0 Å². The maximum Gasteiger partial charge on any atom is 0.162 e. The monoisotopic (exact) mass is 661 g/mol. The van der Waals surface area contributed by atoms with Crippen molar-refractivity contribution < 1.29 is 0 Å². The minimum Gasteiger partial charge on any atom is -0.309 e. The number of fused-ring (bicyclic) bond motifs is 10. The number of nitriles is 1. The molecule has 11 aromatic rings. The molecule has 5 heteroatoms. The van der Waals surface area contributed by atoms with Crippen molar-refractivity contribution in [2.75, 3.05) is 0 Å². The molecular weight excluding hydrogens is 635 g/mol. The Balaban J connectivity index is 1.24. The predicted octanol–water partition coefficient (Wildman–Crippen LogP) is 11.7. The van der Waals surface area contributed by atoms with Crippen LogP contribution in [0.15, 0.2) is 164 Å². The van der Waals surface area contributed by atoms with Gasteiger partial charge in [0, 0.05) is 49.0 Å². The van der Waals surface area contributed by atoms with Gasteiger partial charge in [0.2, 0.25) is 0 Å². The van der Waals surface area contributed by atoms with Crippen LogP contribution < -0.4 is 0 Å². The topological polar surface area (TPSA) is 59.4 Å². The van der Waals surface area contributed by atoms with Gasteiger partial charge in [-0.15, -0.1) is 0 Å². The van der Waals surface area contributed by atoms with E-state index in [9.17, 15) is 5.26 Å². The quantitative estimate of drug-likeness (QED) is 0.177. The van der Waals surface area contributed by atoms with E-state index in [2.05, 4.69) is 149 Å². The van der Waals surface area contributed by atoms with Gasteiger partial charge < -0.3 is 4.57 Å². The highest BCUT2D eigenvalue weighted by Crippen LogP contribution is 2.40. The maximum absolute atomic E-state index is 9.93. The zero-order valence-electron chi connectivity index (χ0n) is 27.8. The van der Waals surface area contributed by atoms with Gasteiger partial charge >= 0.3 is 0 Å². The van der Waals surface area contributed by atoms with E-state index in [0.717, 1.165) is 71.3 Å². The summed E-state index contributed by atoms with van der Waals surface area (Å²) in [6, 6.07) is 59.6. The van der Waals surface area contributed by atoms with E-state index < -0.39 is 0 Å². The van der Waals surface area contributed by atoms with Crippen molar-refractivity contribution in [1.82, 2.24) is 19.1 Å². The first kappa shape index (κ1) is 28.5. The van der Waals surface area contributed by atoms with Crippen molar-refractivity contribution in [1.29, 1.82) is 5.26 Å². The van der Waals surface area contributed by atoms with Crippen molar-refractivity contribution in [3.63, 3.8) is 0 Å². The first-order valence-corrected chi connectivity index (χ1v) is 17.4. The van der Waals surface area contributed by atoms with Crippen molar-refractivity contribution in [3.05, 3.63) is 169 Å². The van der Waals surface area contributed by atoms with Gasteiger partial charge in [-0.25, -0.2) is 9.97 Å². The third-order valence-electron chi connectivity index (χ3n) is 10.6. The van der Waals surface area contributed by atoms with Crippen LogP contribution in [0.3, 0.4) is 0 Å². The van der Waals surface area contributed by atoms with Gasteiger partial charge in [-0.3, -0.25) is 4.57 Å². The molecule has 0 unspecified atom stereocenters. The average molecular weight is 662 g/mol. The molecule has 0 amide bonds. The van der Waals surface area contributed by atoms with Crippen LogP contribution in [-0.4, -0.2) is 19.1 Å². The molecule has 0 atom stereocenters. The summed E-state index contributed by atoms with van der Waals surface area (Å²) in [5.41, 5.74) is 8.01. The molecule has 0 aliphatic rings. The largest absolute Gasteiger partial charge is 0.309 e. The van der Waals surface area contributed by atoms with E-state index >= 15 is 0 Å². The fourth-order valence-corrected chi connectivity index (χ4v) is 8.26. The van der Waals surface area contributed by atoms with Gasteiger partial charge in [-0.05, 0) is 65.4 Å². The molecule has 8 aromatic carbocycles. The fourth-order valence-electron chi connectivity index (χ4n) is 8.26. The number of rotatable bonds is 3. The highest BCUT2D eigenvalue weighted by atomic mass is 15.1. The molecular formula is C47H27N5. The van der Waals surface area contributed by atoms with Crippen molar-refractivity contribution >= 4 is 76.1 Å². The number of aromatic nitrogens is 4. The van der Waals surface area contributed by atoms with Crippen LogP contribution in [-0.2, 0) is 0 Å². The van der Waals surface area contributed by atoms with Crippen LogP contribution >= 0.6 is 0 Å². The summed E-state index contributed by atoms with van der Waals surface area (Å²) in [5, 5.41) is 19.7. The molecule has 0 bridgehead atoms. The minimum atomic E-state index is 0.618. The molecule has 11 rings (SSSR count). The molecule has 0 fully saturated rings. The van der Waals surface area contributed by atoms with E-state index in [0.29, 0.717) is 11.4 Å². The summed E-state index contributed by atoms with van der Waals surface area (Å²) >= 11 is 0. The Morgan fingerprint density at radius 1 is 0.423 bits per heavy atom. The number of hydrogen-bond acceptors (Lipinski definition) is 3. The van der Waals surface area contributed by atoms with Gasteiger partial charge in [0.1, 0.15) is 5.82 Å². The molecule has 3 aromatic heterocycles. The molecule has 0 saturated carbocycles. The SMILES string of the molecule is N#Cc1ccc(-c2nc(-n3c4ccccc4c4cc(-n5c6ccccc6c6ccccc65)ccc43)c3ccc4ccccc4c3n2)c2ccccc12. The summed E-state index contributed by atoms with van der Waals surface area (Å²) in [7, 11) is 0. The van der Waals surface area contributed by atoms with Gasteiger partial charge in [0.05, 0.1) is 39.2 Å². The molecule has 240 valence electrons. The van der Waals surface area contributed by atoms with Gasteiger partial charge in [0.15, 0.2) is 5.82 Å². The number of hydrogen-bond donors (Lipinski definition) is 0. The predicted molar refractivity (Wildman–Crippen MR) is 213 cm³/mol. The Kier molecular flexibility index (Phi) is 5.96. The lowest BCUT2D eigenvalue weighted by molar-refractivity contribution is 1.08. The highest BCUT2D eigenvalue weighted by molar-refractivity contribution is 6.14. The normalized spacial score (nSPS) is 11.8. The standard InChI is InChI=1S/C47H27N5/c48-28-30-22-24-38(34-14-4-3-12-32(30)34)46-49-45-33-13-2-1-11-29(33)21-25-39(45)47(50-46)52-43-20-10-7-17-37(43)40-27-31(23-26-44(40)52)51-41-18-8-5-15-35(41)36-16-6-9-19-42(36)51/h1-27H. The Morgan fingerprint density at radius 2 is 1.00 bits per heavy atom. The minimum absolute atomic E-state index is 0.618. The molecule has 5 nitrogen and oxygen atoms in total.